The molecule has 1 atom stereocenters. The highest BCUT2D eigenvalue weighted by molar-refractivity contribution is 7.90. The molecule has 0 aromatic carbocycles. The van der Waals surface area contributed by atoms with Gasteiger partial charge in [-0.2, -0.15) is 23.0 Å². The van der Waals surface area contributed by atoms with Gasteiger partial charge in [-0.25, -0.2) is 13.4 Å². The van der Waals surface area contributed by atoms with Crippen molar-refractivity contribution in [1.29, 1.82) is 0 Å². The van der Waals surface area contributed by atoms with Crippen LogP contribution in [0.5, 0.6) is 0 Å². The van der Waals surface area contributed by atoms with Crippen molar-refractivity contribution >= 4 is 27.1 Å². The lowest BCUT2D eigenvalue weighted by molar-refractivity contribution is -0.137. The second-order valence-electron chi connectivity index (χ2n) is 5.96. The minimum absolute atomic E-state index is 0.0429. The van der Waals surface area contributed by atoms with Crippen molar-refractivity contribution < 1.29 is 21.6 Å². The zero-order valence-electron chi connectivity index (χ0n) is 14.3. The van der Waals surface area contributed by atoms with Crippen LogP contribution >= 0.6 is 11.6 Å². The number of rotatable bonds is 6. The van der Waals surface area contributed by atoms with Crippen LogP contribution in [0.3, 0.4) is 0 Å². The van der Waals surface area contributed by atoms with E-state index in [0.29, 0.717) is 12.6 Å². The fraction of sp³-hybridized carbons (Fsp3) is 0.400. The molecule has 0 aliphatic heterocycles. The Hall–Kier alpha value is -2.14. The number of nitrogens with one attached hydrogen (secondary N) is 1. The lowest BCUT2D eigenvalue weighted by atomic mass is 10.2. The highest BCUT2D eigenvalue weighted by Gasteiger charge is 2.30. The molecule has 0 aliphatic rings. The summed E-state index contributed by atoms with van der Waals surface area (Å²) in [6.45, 7) is 1.71. The largest absolute Gasteiger partial charge is 0.417 e. The highest BCUT2D eigenvalue weighted by Crippen LogP contribution is 2.28. The van der Waals surface area contributed by atoms with E-state index in [9.17, 15) is 26.4 Å². The van der Waals surface area contributed by atoms with E-state index in [4.69, 9.17) is 11.6 Å². The summed E-state index contributed by atoms with van der Waals surface area (Å²) in [5.41, 5.74) is -1.54. The van der Waals surface area contributed by atoms with Gasteiger partial charge in [0, 0.05) is 18.5 Å². The molecule has 2 heterocycles. The van der Waals surface area contributed by atoms with Gasteiger partial charge in [-0.1, -0.05) is 11.6 Å². The summed E-state index contributed by atoms with van der Waals surface area (Å²) in [6.07, 6.45) is -1.32. The number of halogens is 4. The number of hydrogen-bond donors (Lipinski definition) is 1. The third kappa shape index (κ3) is 5.67. The standard InChI is InChI=1S/C15H16ClF3N4O3S/c1-9(5-6-27(2,25)26)22-11-8-21-23(14(24)13(11)16)12-4-3-10(7-20-12)15(17,18)19/h3-4,7-9,22H,5-6H2,1-2H3. The van der Waals surface area contributed by atoms with E-state index in [1.54, 1.807) is 6.92 Å². The van der Waals surface area contributed by atoms with Crippen molar-refractivity contribution in [2.75, 3.05) is 17.3 Å². The maximum absolute atomic E-state index is 12.6. The molecule has 0 fully saturated rings. The molecule has 27 heavy (non-hydrogen) atoms. The van der Waals surface area contributed by atoms with Crippen molar-refractivity contribution in [2.24, 2.45) is 0 Å². The molecule has 1 N–H and O–H groups in total. The SMILES string of the molecule is CC(CCS(C)(=O)=O)Nc1cnn(-c2ccc(C(F)(F)F)cn2)c(=O)c1Cl. The zero-order valence-corrected chi connectivity index (χ0v) is 15.9. The first kappa shape index (κ1) is 21.2. The fourth-order valence-corrected chi connectivity index (χ4v) is 3.07. The van der Waals surface area contributed by atoms with Gasteiger partial charge in [-0.3, -0.25) is 4.79 Å². The number of pyridine rings is 1. The molecule has 148 valence electrons. The van der Waals surface area contributed by atoms with Crippen molar-refractivity contribution in [1.82, 2.24) is 14.8 Å². The third-order valence-electron chi connectivity index (χ3n) is 3.53. The summed E-state index contributed by atoms with van der Waals surface area (Å²) in [5, 5.41) is 6.51. The molecule has 2 aromatic rings. The van der Waals surface area contributed by atoms with E-state index in [0.717, 1.165) is 23.1 Å². The number of anilines is 1. The Kier molecular flexibility index (Phi) is 6.15. The molecule has 2 rings (SSSR count). The average molecular weight is 425 g/mol. The molecule has 12 heteroatoms. The van der Waals surface area contributed by atoms with Gasteiger partial charge < -0.3 is 5.32 Å². The monoisotopic (exact) mass is 424 g/mol. The highest BCUT2D eigenvalue weighted by atomic mass is 35.5. The van der Waals surface area contributed by atoms with E-state index < -0.39 is 27.1 Å². The molecule has 0 bridgehead atoms. The van der Waals surface area contributed by atoms with E-state index in [-0.39, 0.29) is 28.3 Å². The van der Waals surface area contributed by atoms with Crippen molar-refractivity contribution in [3.05, 3.63) is 45.5 Å². The van der Waals surface area contributed by atoms with Crippen LogP contribution in [0.4, 0.5) is 18.9 Å². The summed E-state index contributed by atoms with van der Waals surface area (Å²) >= 11 is 6.02. The number of alkyl halides is 3. The topological polar surface area (TPSA) is 93.9 Å². The molecule has 1 unspecified atom stereocenters. The molecule has 0 radical (unpaired) electrons. The minimum Gasteiger partial charge on any atom is -0.380 e. The zero-order chi connectivity index (χ0) is 20.4. The van der Waals surface area contributed by atoms with Gasteiger partial charge in [0.15, 0.2) is 5.82 Å². The second-order valence-corrected chi connectivity index (χ2v) is 8.59. The first-order valence-corrected chi connectivity index (χ1v) is 10.1. The Morgan fingerprint density at radius 1 is 1.30 bits per heavy atom. The number of sulfone groups is 1. The second kappa shape index (κ2) is 7.85. The molecule has 0 aliphatic carbocycles. The van der Waals surface area contributed by atoms with Gasteiger partial charge in [0.25, 0.3) is 5.56 Å². The van der Waals surface area contributed by atoms with Gasteiger partial charge >= 0.3 is 6.18 Å². The number of hydrogen-bond acceptors (Lipinski definition) is 6. The Balaban J connectivity index is 2.23. The molecule has 0 saturated heterocycles. The van der Waals surface area contributed by atoms with Crippen molar-refractivity contribution in [3.8, 4) is 5.82 Å². The van der Waals surface area contributed by atoms with Crippen LogP contribution in [-0.4, -0.2) is 41.2 Å². The Labute approximate surface area is 158 Å². The summed E-state index contributed by atoms with van der Waals surface area (Å²) in [6, 6.07) is 1.48. The number of nitrogens with zero attached hydrogens (tertiary/aromatic N) is 3. The van der Waals surface area contributed by atoms with Crippen LogP contribution in [-0.2, 0) is 16.0 Å². The molecule has 7 nitrogen and oxygen atoms in total. The van der Waals surface area contributed by atoms with E-state index in [1.807, 2.05) is 0 Å². The predicted octanol–water partition coefficient (Wildman–Crippen LogP) is 2.53. The summed E-state index contributed by atoms with van der Waals surface area (Å²) < 4.78 is 60.9. The van der Waals surface area contributed by atoms with Gasteiger partial charge in [0.2, 0.25) is 0 Å². The third-order valence-corrected chi connectivity index (χ3v) is 4.88. The molecule has 0 amide bonds. The fourth-order valence-electron chi connectivity index (χ4n) is 2.10. The van der Waals surface area contributed by atoms with Crippen LogP contribution < -0.4 is 10.9 Å². The van der Waals surface area contributed by atoms with E-state index in [1.165, 1.54) is 6.20 Å². The molecular formula is C15H16ClF3N4O3S. The van der Waals surface area contributed by atoms with Crippen LogP contribution in [0, 0.1) is 0 Å². The van der Waals surface area contributed by atoms with Crippen molar-refractivity contribution in [3.63, 3.8) is 0 Å². The minimum atomic E-state index is -4.54. The molecular weight excluding hydrogens is 409 g/mol. The molecule has 0 spiro atoms. The Morgan fingerprint density at radius 3 is 2.48 bits per heavy atom. The van der Waals surface area contributed by atoms with Crippen LogP contribution in [0.1, 0.15) is 18.9 Å². The Bertz CT molecular complexity index is 975. The maximum Gasteiger partial charge on any atom is 0.417 e. The van der Waals surface area contributed by atoms with E-state index in [2.05, 4.69) is 15.4 Å². The Morgan fingerprint density at radius 2 is 1.96 bits per heavy atom. The predicted molar refractivity (Wildman–Crippen MR) is 95.1 cm³/mol. The number of aromatic nitrogens is 3. The van der Waals surface area contributed by atoms with Gasteiger partial charge in [-0.05, 0) is 25.5 Å². The lowest BCUT2D eigenvalue weighted by Gasteiger charge is -2.16. The molecule has 2 aromatic heterocycles. The molecule has 0 saturated carbocycles. The quantitative estimate of drug-likeness (QED) is 0.765. The smallest absolute Gasteiger partial charge is 0.380 e. The van der Waals surface area contributed by atoms with Crippen LogP contribution in [0.25, 0.3) is 5.82 Å². The van der Waals surface area contributed by atoms with Crippen LogP contribution in [0.2, 0.25) is 5.02 Å². The van der Waals surface area contributed by atoms with Gasteiger partial charge in [0.05, 0.1) is 23.2 Å². The maximum atomic E-state index is 12.6. The van der Waals surface area contributed by atoms with Crippen LogP contribution in [0.15, 0.2) is 29.3 Å². The normalized spacial score (nSPS) is 13.4. The lowest BCUT2D eigenvalue weighted by Crippen LogP contribution is -2.26. The van der Waals surface area contributed by atoms with Crippen molar-refractivity contribution in [2.45, 2.75) is 25.6 Å². The summed E-state index contributed by atoms with van der Waals surface area (Å²) in [7, 11) is -3.13. The van der Waals surface area contributed by atoms with E-state index >= 15 is 0 Å². The first-order valence-electron chi connectivity index (χ1n) is 7.64. The van der Waals surface area contributed by atoms with Gasteiger partial charge in [0.1, 0.15) is 14.9 Å². The first-order chi connectivity index (χ1) is 12.4. The summed E-state index contributed by atoms with van der Waals surface area (Å²) in [5.74, 6) is -0.162. The van der Waals surface area contributed by atoms with Gasteiger partial charge in [-0.15, -0.1) is 0 Å². The summed E-state index contributed by atoms with van der Waals surface area (Å²) in [4.78, 5) is 15.9. The average Bonchev–Trinajstić information content (AvgIpc) is 2.56.